The number of hydrogen-bond donors (Lipinski definition) is 1. The van der Waals surface area contributed by atoms with E-state index in [1.165, 1.54) is 26.4 Å². The van der Waals surface area contributed by atoms with Crippen LogP contribution in [0.5, 0.6) is 5.75 Å². The van der Waals surface area contributed by atoms with Crippen molar-refractivity contribution in [3.05, 3.63) is 58.2 Å². The van der Waals surface area contributed by atoms with Gasteiger partial charge in [0, 0.05) is 31.6 Å². The van der Waals surface area contributed by atoms with Crippen molar-refractivity contribution in [2.75, 3.05) is 34.0 Å². The molecule has 1 aromatic carbocycles. The smallest absolute Gasteiger partial charge is 0.356 e. The van der Waals surface area contributed by atoms with Gasteiger partial charge in [0.25, 0.3) is 5.91 Å². The summed E-state index contributed by atoms with van der Waals surface area (Å²) < 4.78 is 30.0. The van der Waals surface area contributed by atoms with E-state index in [1.54, 1.807) is 12.1 Å². The second-order valence-electron chi connectivity index (χ2n) is 6.67. The SMILES string of the molecule is COCCNC(=O)c1ccc(C(C)c2cc(C(=O)OC)nc3c2OCC3)cc1F. The van der Waals surface area contributed by atoms with Gasteiger partial charge in [0.2, 0.25) is 0 Å². The number of nitrogens with zero attached hydrogens (tertiary/aromatic N) is 1. The minimum Gasteiger partial charge on any atom is -0.491 e. The maximum Gasteiger partial charge on any atom is 0.356 e. The van der Waals surface area contributed by atoms with Crippen LogP contribution in [0, 0.1) is 5.82 Å². The number of nitrogens with one attached hydrogen (secondary N) is 1. The van der Waals surface area contributed by atoms with Crippen molar-refractivity contribution in [2.45, 2.75) is 19.3 Å². The van der Waals surface area contributed by atoms with Crippen LogP contribution in [0.1, 0.15) is 50.5 Å². The molecule has 3 rings (SSSR count). The van der Waals surface area contributed by atoms with Gasteiger partial charge >= 0.3 is 5.97 Å². The van der Waals surface area contributed by atoms with Gasteiger partial charge in [-0.25, -0.2) is 14.2 Å². The number of fused-ring (bicyclic) bond motifs is 1. The summed E-state index contributed by atoms with van der Waals surface area (Å²) >= 11 is 0. The Morgan fingerprint density at radius 1 is 1.31 bits per heavy atom. The molecule has 1 aliphatic rings. The van der Waals surface area contributed by atoms with Crippen molar-refractivity contribution in [1.29, 1.82) is 0 Å². The Labute approximate surface area is 168 Å². The number of hydrogen-bond acceptors (Lipinski definition) is 6. The number of carbonyl (C=O) groups excluding carboxylic acids is 2. The molecule has 1 atom stereocenters. The monoisotopic (exact) mass is 402 g/mol. The largest absolute Gasteiger partial charge is 0.491 e. The Hall–Kier alpha value is -3.00. The number of methoxy groups -OCH3 is 2. The van der Waals surface area contributed by atoms with Crippen LogP contribution in [-0.4, -0.2) is 50.8 Å². The molecule has 1 N–H and O–H groups in total. The van der Waals surface area contributed by atoms with Crippen LogP contribution in [-0.2, 0) is 15.9 Å². The predicted molar refractivity (Wildman–Crippen MR) is 103 cm³/mol. The summed E-state index contributed by atoms with van der Waals surface area (Å²) in [5.74, 6) is -1.33. The van der Waals surface area contributed by atoms with Crippen LogP contribution >= 0.6 is 0 Å². The molecule has 1 unspecified atom stereocenters. The minimum absolute atomic E-state index is 0.0384. The summed E-state index contributed by atoms with van der Waals surface area (Å²) in [6.07, 6.45) is 0.592. The average molecular weight is 402 g/mol. The Bertz CT molecular complexity index is 932. The zero-order valence-electron chi connectivity index (χ0n) is 16.6. The number of halogens is 1. The van der Waals surface area contributed by atoms with Crippen molar-refractivity contribution in [1.82, 2.24) is 10.3 Å². The molecule has 0 spiro atoms. The zero-order valence-corrected chi connectivity index (χ0v) is 16.6. The summed E-state index contributed by atoms with van der Waals surface area (Å²) in [5, 5.41) is 2.60. The third-order valence-corrected chi connectivity index (χ3v) is 4.85. The van der Waals surface area contributed by atoms with Crippen LogP contribution in [0.4, 0.5) is 4.39 Å². The van der Waals surface area contributed by atoms with Gasteiger partial charge in [-0.2, -0.15) is 0 Å². The first-order chi connectivity index (χ1) is 14.0. The highest BCUT2D eigenvalue weighted by Crippen LogP contribution is 2.37. The first-order valence-corrected chi connectivity index (χ1v) is 9.27. The molecule has 29 heavy (non-hydrogen) atoms. The quantitative estimate of drug-likeness (QED) is 0.566. The van der Waals surface area contributed by atoms with Crippen LogP contribution in [0.15, 0.2) is 24.3 Å². The van der Waals surface area contributed by atoms with Gasteiger partial charge in [0.15, 0.2) is 0 Å². The van der Waals surface area contributed by atoms with E-state index in [-0.39, 0.29) is 17.2 Å². The van der Waals surface area contributed by atoms with Gasteiger partial charge in [0.05, 0.1) is 31.6 Å². The molecule has 0 radical (unpaired) electrons. The number of rotatable bonds is 7. The van der Waals surface area contributed by atoms with Crippen molar-refractivity contribution in [2.24, 2.45) is 0 Å². The summed E-state index contributed by atoms with van der Waals surface area (Å²) in [5.41, 5.74) is 2.21. The molecule has 2 heterocycles. The van der Waals surface area contributed by atoms with E-state index in [9.17, 15) is 14.0 Å². The molecule has 1 aromatic heterocycles. The lowest BCUT2D eigenvalue weighted by atomic mass is 9.91. The number of benzene rings is 1. The Morgan fingerprint density at radius 3 is 2.79 bits per heavy atom. The summed E-state index contributed by atoms with van der Waals surface area (Å²) in [7, 11) is 2.82. The van der Waals surface area contributed by atoms with E-state index in [0.717, 1.165) is 5.56 Å². The highest BCUT2D eigenvalue weighted by molar-refractivity contribution is 5.94. The van der Waals surface area contributed by atoms with Crippen molar-refractivity contribution >= 4 is 11.9 Å². The van der Waals surface area contributed by atoms with Gasteiger partial charge in [-0.3, -0.25) is 4.79 Å². The molecule has 0 saturated carbocycles. The van der Waals surface area contributed by atoms with Crippen molar-refractivity contribution < 1.29 is 28.2 Å². The Kier molecular flexibility index (Phi) is 6.43. The highest BCUT2D eigenvalue weighted by Gasteiger charge is 2.26. The Morgan fingerprint density at radius 2 is 2.10 bits per heavy atom. The van der Waals surface area contributed by atoms with Crippen LogP contribution in [0.3, 0.4) is 0 Å². The fraction of sp³-hybridized carbons (Fsp3) is 0.381. The number of esters is 1. The Balaban J connectivity index is 1.90. The minimum atomic E-state index is -0.621. The number of pyridine rings is 1. The van der Waals surface area contributed by atoms with Crippen LogP contribution in [0.2, 0.25) is 0 Å². The first kappa shape index (κ1) is 20.7. The van der Waals surface area contributed by atoms with E-state index in [2.05, 4.69) is 10.3 Å². The summed E-state index contributed by atoms with van der Waals surface area (Å²) in [6, 6.07) is 6.09. The van der Waals surface area contributed by atoms with E-state index >= 15 is 0 Å². The molecule has 0 bridgehead atoms. The lowest BCUT2D eigenvalue weighted by molar-refractivity contribution is 0.0593. The maximum absolute atomic E-state index is 14.6. The van der Waals surface area contributed by atoms with Gasteiger partial charge < -0.3 is 19.5 Å². The van der Waals surface area contributed by atoms with Crippen LogP contribution < -0.4 is 10.1 Å². The molecule has 2 aromatic rings. The van der Waals surface area contributed by atoms with Crippen molar-refractivity contribution in [3.63, 3.8) is 0 Å². The van der Waals surface area contributed by atoms with E-state index in [0.29, 0.717) is 43.2 Å². The number of carbonyl (C=O) groups is 2. The van der Waals surface area contributed by atoms with E-state index in [1.807, 2.05) is 6.92 Å². The summed E-state index contributed by atoms with van der Waals surface area (Å²) in [6.45, 7) is 3.00. The standard InChI is InChI=1S/C21H23FN2O5/c1-12(13-4-5-14(16(22)10-13)20(25)23-7-9-27-2)15-11-18(21(26)28-3)24-17-6-8-29-19(15)17/h4-5,10-12H,6-9H2,1-3H3,(H,23,25). The highest BCUT2D eigenvalue weighted by atomic mass is 19.1. The van der Waals surface area contributed by atoms with Gasteiger partial charge in [0.1, 0.15) is 17.3 Å². The fourth-order valence-corrected chi connectivity index (χ4v) is 3.25. The number of ether oxygens (including phenoxy) is 3. The first-order valence-electron chi connectivity index (χ1n) is 9.27. The van der Waals surface area contributed by atoms with Gasteiger partial charge in [-0.05, 0) is 23.8 Å². The van der Waals surface area contributed by atoms with Crippen molar-refractivity contribution in [3.8, 4) is 5.75 Å². The average Bonchev–Trinajstić information content (AvgIpc) is 3.20. The third kappa shape index (κ3) is 4.37. The zero-order chi connectivity index (χ0) is 21.0. The molecule has 154 valence electrons. The molecular weight excluding hydrogens is 379 g/mol. The number of amides is 1. The molecule has 0 aliphatic carbocycles. The maximum atomic E-state index is 14.6. The predicted octanol–water partition coefficient (Wildman–Crippen LogP) is 2.47. The van der Waals surface area contributed by atoms with Gasteiger partial charge in [-0.15, -0.1) is 0 Å². The normalized spacial score (nSPS) is 13.4. The lowest BCUT2D eigenvalue weighted by Gasteiger charge is -2.17. The van der Waals surface area contributed by atoms with Gasteiger partial charge in [-0.1, -0.05) is 13.0 Å². The van der Waals surface area contributed by atoms with E-state index in [4.69, 9.17) is 14.2 Å². The number of aromatic nitrogens is 1. The molecule has 1 aliphatic heterocycles. The fourth-order valence-electron chi connectivity index (χ4n) is 3.25. The second-order valence-corrected chi connectivity index (χ2v) is 6.67. The third-order valence-electron chi connectivity index (χ3n) is 4.85. The van der Waals surface area contributed by atoms with E-state index < -0.39 is 17.7 Å². The molecule has 0 fully saturated rings. The molecule has 8 heteroatoms. The molecule has 0 saturated heterocycles. The molecule has 1 amide bonds. The van der Waals surface area contributed by atoms with Crippen LogP contribution in [0.25, 0.3) is 0 Å². The molecule has 7 nitrogen and oxygen atoms in total. The summed E-state index contributed by atoms with van der Waals surface area (Å²) in [4.78, 5) is 28.4. The molecular formula is C21H23FN2O5. The topological polar surface area (TPSA) is 86.8 Å². The second kappa shape index (κ2) is 9.00. The lowest BCUT2D eigenvalue weighted by Crippen LogP contribution is -2.27.